The Kier molecular flexibility index (Phi) is 4.98. The van der Waals surface area contributed by atoms with Crippen LogP contribution in [0.2, 0.25) is 5.02 Å². The molecule has 0 aliphatic rings. The molecule has 0 atom stereocenters. The van der Waals surface area contributed by atoms with Crippen LogP contribution >= 0.6 is 27.5 Å². The van der Waals surface area contributed by atoms with Crippen LogP contribution in [0.4, 0.5) is 4.39 Å². The Labute approximate surface area is 133 Å². The summed E-state index contributed by atoms with van der Waals surface area (Å²) in [5, 5.41) is 9.18. The molecular formula is C15H9BrClFO3. The molecular weight excluding hydrogens is 363 g/mol. The number of rotatable bonds is 4. The molecule has 0 saturated carbocycles. The maximum atomic E-state index is 13.8. The number of carbonyl (C=O) groups is 1. The van der Waals surface area contributed by atoms with E-state index in [1.54, 1.807) is 24.3 Å². The van der Waals surface area contributed by atoms with Gasteiger partial charge in [-0.2, -0.15) is 0 Å². The summed E-state index contributed by atoms with van der Waals surface area (Å²) in [4.78, 5) is 10.6. The highest BCUT2D eigenvalue weighted by molar-refractivity contribution is 9.10. The monoisotopic (exact) mass is 370 g/mol. The van der Waals surface area contributed by atoms with Crippen LogP contribution in [0.15, 0.2) is 46.9 Å². The van der Waals surface area contributed by atoms with Crippen LogP contribution in [0.25, 0.3) is 6.08 Å². The number of halogens is 3. The van der Waals surface area contributed by atoms with E-state index >= 15 is 0 Å². The first-order valence-corrected chi connectivity index (χ1v) is 6.97. The minimum Gasteiger partial charge on any atom is -0.478 e. The Morgan fingerprint density at radius 3 is 2.71 bits per heavy atom. The van der Waals surface area contributed by atoms with E-state index < -0.39 is 11.8 Å². The van der Waals surface area contributed by atoms with Crippen molar-refractivity contribution in [3.8, 4) is 11.5 Å². The van der Waals surface area contributed by atoms with Gasteiger partial charge in [0.25, 0.3) is 0 Å². The fraction of sp³-hybridized carbons (Fsp3) is 0. The summed E-state index contributed by atoms with van der Waals surface area (Å²) in [6.45, 7) is 0. The van der Waals surface area contributed by atoms with Crippen molar-refractivity contribution in [1.82, 2.24) is 0 Å². The van der Waals surface area contributed by atoms with Crippen molar-refractivity contribution in [2.45, 2.75) is 0 Å². The summed E-state index contributed by atoms with van der Waals surface area (Å²) in [6.07, 6.45) is 2.00. The van der Waals surface area contributed by atoms with Crippen LogP contribution in [0.5, 0.6) is 11.5 Å². The van der Waals surface area contributed by atoms with Gasteiger partial charge in [-0.25, -0.2) is 9.18 Å². The van der Waals surface area contributed by atoms with Gasteiger partial charge >= 0.3 is 5.97 Å². The Balaban J connectivity index is 2.40. The lowest BCUT2D eigenvalue weighted by atomic mass is 10.1. The summed E-state index contributed by atoms with van der Waals surface area (Å²) >= 11 is 9.13. The summed E-state index contributed by atoms with van der Waals surface area (Å²) in [7, 11) is 0. The molecule has 3 nitrogen and oxygen atoms in total. The third kappa shape index (κ3) is 4.06. The Bertz CT molecular complexity index is 716. The SMILES string of the molecule is O=C(O)/C=C/c1c(F)cccc1Oc1ccc(Cl)cc1Br. The van der Waals surface area contributed by atoms with Crippen molar-refractivity contribution in [1.29, 1.82) is 0 Å². The largest absolute Gasteiger partial charge is 0.478 e. The zero-order valence-corrected chi connectivity index (χ0v) is 12.9. The van der Waals surface area contributed by atoms with Crippen LogP contribution in [0.3, 0.4) is 0 Å². The van der Waals surface area contributed by atoms with Gasteiger partial charge < -0.3 is 9.84 Å². The molecule has 0 radical (unpaired) electrons. The quantitative estimate of drug-likeness (QED) is 0.758. The molecule has 0 spiro atoms. The van der Waals surface area contributed by atoms with Crippen molar-refractivity contribution in [3.05, 3.63) is 63.4 Å². The molecule has 0 bridgehead atoms. The van der Waals surface area contributed by atoms with Gasteiger partial charge in [0.2, 0.25) is 0 Å². The number of aliphatic carboxylic acids is 1. The second kappa shape index (κ2) is 6.74. The van der Waals surface area contributed by atoms with Gasteiger partial charge in [0.05, 0.1) is 10.0 Å². The third-order valence-corrected chi connectivity index (χ3v) is 3.37. The molecule has 21 heavy (non-hydrogen) atoms. The predicted molar refractivity (Wildman–Crippen MR) is 82.3 cm³/mol. The lowest BCUT2D eigenvalue weighted by Gasteiger charge is -2.11. The summed E-state index contributed by atoms with van der Waals surface area (Å²) < 4.78 is 20.0. The van der Waals surface area contributed by atoms with E-state index in [1.807, 2.05) is 0 Å². The van der Waals surface area contributed by atoms with Crippen molar-refractivity contribution in [2.75, 3.05) is 0 Å². The minimum atomic E-state index is -1.17. The predicted octanol–water partition coefficient (Wildman–Crippen LogP) is 5.13. The fourth-order valence-electron chi connectivity index (χ4n) is 1.60. The van der Waals surface area contributed by atoms with E-state index in [1.165, 1.54) is 12.1 Å². The standard InChI is InChI=1S/C15H9BrClFO3/c16-11-8-9(17)4-6-14(11)21-13-3-1-2-12(18)10(13)5-7-15(19)20/h1-8H,(H,19,20)/b7-5+. The van der Waals surface area contributed by atoms with E-state index in [4.69, 9.17) is 21.4 Å². The molecule has 2 rings (SSSR count). The number of hydrogen-bond acceptors (Lipinski definition) is 2. The molecule has 0 aliphatic carbocycles. The average Bonchev–Trinajstić information content (AvgIpc) is 2.41. The second-order valence-corrected chi connectivity index (χ2v) is 5.29. The number of benzene rings is 2. The van der Waals surface area contributed by atoms with Crippen molar-refractivity contribution in [2.24, 2.45) is 0 Å². The number of hydrogen-bond donors (Lipinski definition) is 1. The van der Waals surface area contributed by atoms with Crippen LogP contribution < -0.4 is 4.74 Å². The van der Waals surface area contributed by atoms with E-state index in [0.717, 1.165) is 12.2 Å². The van der Waals surface area contributed by atoms with Crippen molar-refractivity contribution < 1.29 is 19.0 Å². The molecule has 0 amide bonds. The molecule has 2 aromatic carbocycles. The van der Waals surface area contributed by atoms with Gasteiger partial charge in [-0.15, -0.1) is 0 Å². The highest BCUT2D eigenvalue weighted by Gasteiger charge is 2.10. The van der Waals surface area contributed by atoms with Gasteiger partial charge in [-0.1, -0.05) is 17.7 Å². The molecule has 6 heteroatoms. The van der Waals surface area contributed by atoms with Crippen LogP contribution in [-0.2, 0) is 4.79 Å². The lowest BCUT2D eigenvalue weighted by Crippen LogP contribution is -1.93. The first kappa shape index (κ1) is 15.5. The summed E-state index contributed by atoms with van der Waals surface area (Å²) in [5.74, 6) is -1.10. The topological polar surface area (TPSA) is 46.5 Å². The summed E-state index contributed by atoms with van der Waals surface area (Å²) in [5.41, 5.74) is 0.0572. The molecule has 0 saturated heterocycles. The fourth-order valence-corrected chi connectivity index (χ4v) is 2.36. The first-order chi connectivity index (χ1) is 9.97. The van der Waals surface area contributed by atoms with Crippen molar-refractivity contribution >= 4 is 39.6 Å². The molecule has 1 N–H and O–H groups in total. The minimum absolute atomic E-state index is 0.0572. The number of carboxylic acid groups (broad SMARTS) is 1. The smallest absolute Gasteiger partial charge is 0.328 e. The Morgan fingerprint density at radius 1 is 1.29 bits per heavy atom. The second-order valence-electron chi connectivity index (χ2n) is 4.00. The molecule has 0 aromatic heterocycles. The highest BCUT2D eigenvalue weighted by Crippen LogP contribution is 2.34. The normalized spacial score (nSPS) is 10.8. The third-order valence-electron chi connectivity index (χ3n) is 2.52. The van der Waals surface area contributed by atoms with E-state index in [0.29, 0.717) is 15.2 Å². The maximum Gasteiger partial charge on any atom is 0.328 e. The van der Waals surface area contributed by atoms with E-state index in [-0.39, 0.29) is 11.3 Å². The molecule has 108 valence electrons. The van der Waals surface area contributed by atoms with Gasteiger partial charge in [0.15, 0.2) is 0 Å². The summed E-state index contributed by atoms with van der Waals surface area (Å²) in [6, 6.07) is 9.15. The highest BCUT2D eigenvalue weighted by atomic mass is 79.9. The van der Waals surface area contributed by atoms with E-state index in [2.05, 4.69) is 15.9 Å². The lowest BCUT2D eigenvalue weighted by molar-refractivity contribution is -0.131. The first-order valence-electron chi connectivity index (χ1n) is 5.80. The van der Waals surface area contributed by atoms with Gasteiger partial charge in [-0.05, 0) is 52.3 Å². The maximum absolute atomic E-state index is 13.8. The number of ether oxygens (including phenoxy) is 1. The molecule has 0 fully saturated rings. The van der Waals surface area contributed by atoms with Crippen LogP contribution in [-0.4, -0.2) is 11.1 Å². The van der Waals surface area contributed by atoms with Crippen LogP contribution in [0.1, 0.15) is 5.56 Å². The Hall–Kier alpha value is -1.85. The van der Waals surface area contributed by atoms with Gasteiger partial charge in [0, 0.05) is 11.1 Å². The zero-order chi connectivity index (χ0) is 15.4. The Morgan fingerprint density at radius 2 is 2.05 bits per heavy atom. The molecule has 0 unspecified atom stereocenters. The average molecular weight is 372 g/mol. The molecule has 2 aromatic rings. The van der Waals surface area contributed by atoms with Gasteiger partial charge in [0.1, 0.15) is 17.3 Å². The molecule has 0 heterocycles. The zero-order valence-electron chi connectivity index (χ0n) is 10.5. The van der Waals surface area contributed by atoms with Gasteiger partial charge in [-0.3, -0.25) is 0 Å². The van der Waals surface area contributed by atoms with E-state index in [9.17, 15) is 9.18 Å². The number of carboxylic acids is 1. The van der Waals surface area contributed by atoms with Crippen LogP contribution in [0, 0.1) is 5.82 Å². The van der Waals surface area contributed by atoms with Crippen molar-refractivity contribution in [3.63, 3.8) is 0 Å². The molecule has 0 aliphatic heterocycles.